The summed E-state index contributed by atoms with van der Waals surface area (Å²) in [5.41, 5.74) is 1.75. The maximum Gasteiger partial charge on any atom is 0.245 e. The number of likely N-dealkylation sites (N-methyl/N-ethyl adjacent to an activating group) is 2. The molecule has 0 saturated carbocycles. The van der Waals surface area contributed by atoms with Crippen LogP contribution in [0.5, 0.6) is 0 Å². The van der Waals surface area contributed by atoms with Gasteiger partial charge in [0.1, 0.15) is 6.04 Å². The summed E-state index contributed by atoms with van der Waals surface area (Å²) in [6, 6.07) is 5.04. The summed E-state index contributed by atoms with van der Waals surface area (Å²) in [5.74, 6) is -1.63. The van der Waals surface area contributed by atoms with Crippen molar-refractivity contribution in [2.75, 3.05) is 34.9 Å². The van der Waals surface area contributed by atoms with E-state index in [-0.39, 0.29) is 53.8 Å². The first-order valence-electron chi connectivity index (χ1n) is 19.1. The number of likely N-dealkylation sites (tertiary alicyclic amines) is 1. The topological polar surface area (TPSA) is 150 Å². The summed E-state index contributed by atoms with van der Waals surface area (Å²) in [5, 5.41) is 19.9. The highest BCUT2D eigenvalue weighted by Crippen LogP contribution is 2.30. The SMILES string of the molecule is CC[C@H](C)[C@@H]([C@@H](CC(=O)N1CCC[C@H]1[C@H](OC)[C@@H](C)C(=O)N[C@H](C)[C@@H](O)c1cccc(C)c1)OC)N(C)C(=O)[C@@H](NC(=O)[C@@H](NC)C(C)C)C(C)C. The summed E-state index contributed by atoms with van der Waals surface area (Å²) in [6.45, 7) is 17.8. The Kier molecular flexibility index (Phi) is 18.2. The maximum absolute atomic E-state index is 14.1. The monoisotopic (exact) mass is 732 g/mol. The molecule has 0 unspecified atom stereocenters. The van der Waals surface area contributed by atoms with E-state index in [9.17, 15) is 24.3 Å². The lowest BCUT2D eigenvalue weighted by atomic mass is 9.89. The van der Waals surface area contributed by atoms with Gasteiger partial charge in [-0.25, -0.2) is 0 Å². The molecular weight excluding hydrogens is 662 g/mol. The Morgan fingerprint density at radius 3 is 2.12 bits per heavy atom. The zero-order chi connectivity index (χ0) is 39.4. The van der Waals surface area contributed by atoms with Gasteiger partial charge in [0.25, 0.3) is 0 Å². The van der Waals surface area contributed by atoms with Gasteiger partial charge in [0.05, 0.1) is 54.8 Å². The number of ether oxygens (including phenoxy) is 2. The summed E-state index contributed by atoms with van der Waals surface area (Å²) in [7, 11) is 6.58. The molecule has 1 aliphatic rings. The molecule has 0 spiro atoms. The van der Waals surface area contributed by atoms with Gasteiger partial charge in [-0.2, -0.15) is 0 Å². The minimum Gasteiger partial charge on any atom is -0.386 e. The summed E-state index contributed by atoms with van der Waals surface area (Å²) >= 11 is 0. The third-order valence-corrected chi connectivity index (χ3v) is 11.0. The van der Waals surface area contributed by atoms with Crippen LogP contribution in [0.15, 0.2) is 24.3 Å². The van der Waals surface area contributed by atoms with Crippen LogP contribution >= 0.6 is 0 Å². The minimum absolute atomic E-state index is 0.0158. The van der Waals surface area contributed by atoms with E-state index in [1.54, 1.807) is 52.0 Å². The van der Waals surface area contributed by atoms with Crippen molar-refractivity contribution in [1.29, 1.82) is 0 Å². The Labute approximate surface area is 313 Å². The molecule has 296 valence electrons. The highest BCUT2D eigenvalue weighted by molar-refractivity contribution is 5.90. The van der Waals surface area contributed by atoms with Gasteiger partial charge in [-0.3, -0.25) is 19.2 Å². The van der Waals surface area contributed by atoms with Crippen LogP contribution in [0.25, 0.3) is 0 Å². The van der Waals surface area contributed by atoms with E-state index in [1.165, 1.54) is 0 Å². The van der Waals surface area contributed by atoms with Crippen LogP contribution in [0.2, 0.25) is 0 Å². The van der Waals surface area contributed by atoms with Crippen LogP contribution in [0.1, 0.15) is 98.3 Å². The van der Waals surface area contributed by atoms with Gasteiger partial charge in [0.15, 0.2) is 0 Å². The molecule has 4 amide bonds. The van der Waals surface area contributed by atoms with Crippen molar-refractivity contribution in [3.63, 3.8) is 0 Å². The first kappa shape index (κ1) is 45.1. The minimum atomic E-state index is -0.881. The second-order valence-corrected chi connectivity index (χ2v) is 15.5. The fourth-order valence-corrected chi connectivity index (χ4v) is 7.63. The Bertz CT molecular complexity index is 1310. The highest BCUT2D eigenvalue weighted by atomic mass is 16.5. The van der Waals surface area contributed by atoms with Gasteiger partial charge >= 0.3 is 0 Å². The molecule has 0 aliphatic carbocycles. The van der Waals surface area contributed by atoms with E-state index in [0.717, 1.165) is 24.0 Å². The van der Waals surface area contributed by atoms with Crippen molar-refractivity contribution in [3.8, 4) is 0 Å². The number of aliphatic hydroxyl groups is 1. The van der Waals surface area contributed by atoms with Gasteiger partial charge in [-0.15, -0.1) is 0 Å². The van der Waals surface area contributed by atoms with E-state index in [2.05, 4.69) is 16.0 Å². The van der Waals surface area contributed by atoms with E-state index >= 15 is 0 Å². The third-order valence-electron chi connectivity index (χ3n) is 11.0. The summed E-state index contributed by atoms with van der Waals surface area (Å²) < 4.78 is 11.9. The molecule has 4 N–H and O–H groups in total. The van der Waals surface area contributed by atoms with E-state index in [1.807, 2.05) is 72.7 Å². The lowest BCUT2D eigenvalue weighted by molar-refractivity contribution is -0.148. The second kappa shape index (κ2) is 21.0. The van der Waals surface area contributed by atoms with Crippen molar-refractivity contribution in [3.05, 3.63) is 35.4 Å². The molecule has 12 heteroatoms. The molecule has 1 aromatic carbocycles. The zero-order valence-electron chi connectivity index (χ0n) is 34.1. The quantitative estimate of drug-likeness (QED) is 0.158. The fraction of sp³-hybridized carbons (Fsp3) is 0.750. The second-order valence-electron chi connectivity index (χ2n) is 15.5. The zero-order valence-corrected chi connectivity index (χ0v) is 34.1. The van der Waals surface area contributed by atoms with Gasteiger partial charge in [0, 0.05) is 27.8 Å². The standard InChI is InChI=1S/C40H69N5O7/c1-14-26(7)35(44(11)40(50)34(24(4)5)43-39(49)33(41-10)23(2)3)31(51-12)22-32(46)45-20-16-19-30(45)37(52-13)27(8)38(48)42-28(9)36(47)29-18-15-17-25(6)21-29/h15,17-18,21,23-24,26-28,30-31,33-37,41,47H,14,16,19-20,22H2,1-13H3,(H,42,48)(H,43,49)/t26-,27+,28+,30-,31+,33-,34-,35-,36+,37+/m0/s1. The number of benzene rings is 1. The van der Waals surface area contributed by atoms with Gasteiger partial charge in [-0.05, 0) is 57.1 Å². The van der Waals surface area contributed by atoms with Crippen molar-refractivity contribution < 1.29 is 33.8 Å². The van der Waals surface area contributed by atoms with Gasteiger partial charge in [0.2, 0.25) is 23.6 Å². The number of amides is 4. The predicted molar refractivity (Wildman–Crippen MR) is 204 cm³/mol. The Hall–Kier alpha value is -3.06. The Balaban J connectivity index is 2.24. The lowest BCUT2D eigenvalue weighted by Crippen LogP contribution is -2.59. The molecule has 10 atom stereocenters. The van der Waals surface area contributed by atoms with Crippen molar-refractivity contribution in [2.24, 2.45) is 23.7 Å². The first-order chi connectivity index (χ1) is 24.4. The summed E-state index contributed by atoms with van der Waals surface area (Å²) in [4.78, 5) is 58.4. The number of rotatable bonds is 20. The number of carbonyl (C=O) groups excluding carboxylic acids is 4. The molecule has 0 aromatic heterocycles. The fourth-order valence-electron chi connectivity index (χ4n) is 7.63. The number of hydrogen-bond acceptors (Lipinski definition) is 8. The number of carbonyl (C=O) groups is 4. The Morgan fingerprint density at radius 2 is 1.60 bits per heavy atom. The van der Waals surface area contributed by atoms with Crippen molar-refractivity contribution in [1.82, 2.24) is 25.8 Å². The van der Waals surface area contributed by atoms with Crippen LogP contribution in [-0.2, 0) is 28.7 Å². The third kappa shape index (κ3) is 11.5. The smallest absolute Gasteiger partial charge is 0.245 e. The molecule has 2 rings (SSSR count). The molecule has 1 saturated heterocycles. The molecule has 1 aromatic rings. The van der Waals surface area contributed by atoms with E-state index < -0.39 is 48.4 Å². The normalized spacial score (nSPS) is 20.0. The molecule has 0 radical (unpaired) electrons. The highest BCUT2D eigenvalue weighted by Gasteiger charge is 2.43. The lowest BCUT2D eigenvalue weighted by Gasteiger charge is -2.41. The van der Waals surface area contributed by atoms with Gasteiger partial charge < -0.3 is 40.3 Å². The molecule has 1 heterocycles. The van der Waals surface area contributed by atoms with E-state index in [4.69, 9.17) is 9.47 Å². The largest absolute Gasteiger partial charge is 0.386 e. The van der Waals surface area contributed by atoms with Crippen LogP contribution in [0.3, 0.4) is 0 Å². The van der Waals surface area contributed by atoms with Gasteiger partial charge in [-0.1, -0.05) is 84.7 Å². The number of nitrogens with one attached hydrogen (secondary N) is 3. The van der Waals surface area contributed by atoms with E-state index in [0.29, 0.717) is 13.0 Å². The van der Waals surface area contributed by atoms with Crippen molar-refractivity contribution >= 4 is 23.6 Å². The van der Waals surface area contributed by atoms with Crippen LogP contribution in [0.4, 0.5) is 0 Å². The van der Waals surface area contributed by atoms with Crippen molar-refractivity contribution in [2.45, 2.75) is 137 Å². The van der Waals surface area contributed by atoms with Crippen LogP contribution < -0.4 is 16.0 Å². The molecule has 12 nitrogen and oxygen atoms in total. The molecule has 52 heavy (non-hydrogen) atoms. The molecule has 0 bridgehead atoms. The predicted octanol–water partition coefficient (Wildman–Crippen LogP) is 3.84. The number of methoxy groups -OCH3 is 2. The first-order valence-corrected chi connectivity index (χ1v) is 19.1. The molecule has 1 aliphatic heterocycles. The van der Waals surface area contributed by atoms with Crippen LogP contribution in [0, 0.1) is 30.6 Å². The number of aliphatic hydroxyl groups excluding tert-OH is 1. The molecular formula is C40H69N5O7. The number of nitrogens with zero attached hydrogens (tertiary/aromatic N) is 2. The number of hydrogen-bond donors (Lipinski definition) is 4. The number of aryl methyl sites for hydroxylation is 1. The average Bonchev–Trinajstić information content (AvgIpc) is 3.59. The Morgan fingerprint density at radius 1 is 0.962 bits per heavy atom. The molecule has 1 fully saturated rings. The average molecular weight is 732 g/mol. The summed E-state index contributed by atoms with van der Waals surface area (Å²) in [6.07, 6.45) is 0.135. The van der Waals surface area contributed by atoms with Crippen LogP contribution in [-0.4, -0.2) is 116 Å². The maximum atomic E-state index is 14.1.